The summed E-state index contributed by atoms with van der Waals surface area (Å²) in [4.78, 5) is 28.8. The predicted molar refractivity (Wildman–Crippen MR) is 124 cm³/mol. The summed E-state index contributed by atoms with van der Waals surface area (Å²) in [5, 5.41) is 1.59. The normalized spacial score (nSPS) is 11.2. The number of anilines is 1. The van der Waals surface area contributed by atoms with Crippen molar-refractivity contribution in [1.82, 2.24) is 4.57 Å². The zero-order valence-corrected chi connectivity index (χ0v) is 18.2. The van der Waals surface area contributed by atoms with Crippen molar-refractivity contribution in [3.05, 3.63) is 69.8 Å². The maximum Gasteiger partial charge on any atom is 0.268 e. The van der Waals surface area contributed by atoms with Crippen LogP contribution in [-0.4, -0.2) is 23.6 Å². The fraction of sp³-hybridized carbons (Fsp3) is 0.250. The van der Waals surface area contributed by atoms with Crippen molar-refractivity contribution in [3.8, 4) is 5.75 Å². The molecule has 4 rings (SSSR count). The molecule has 6 heteroatoms. The summed E-state index contributed by atoms with van der Waals surface area (Å²) in [5.74, 6) is 0.549. The minimum absolute atomic E-state index is 0.0562. The van der Waals surface area contributed by atoms with Crippen molar-refractivity contribution < 1.29 is 9.53 Å². The fourth-order valence-corrected chi connectivity index (χ4v) is 4.97. The number of hydrogen-bond acceptors (Lipinski definition) is 4. The van der Waals surface area contributed by atoms with Gasteiger partial charge >= 0.3 is 0 Å². The van der Waals surface area contributed by atoms with Gasteiger partial charge in [-0.2, -0.15) is 0 Å². The van der Waals surface area contributed by atoms with Crippen molar-refractivity contribution >= 4 is 43.9 Å². The van der Waals surface area contributed by atoms with Gasteiger partial charge < -0.3 is 14.2 Å². The molecule has 0 radical (unpaired) electrons. The number of para-hydroxylation sites is 3. The fourth-order valence-electron chi connectivity index (χ4n) is 3.84. The van der Waals surface area contributed by atoms with E-state index in [4.69, 9.17) is 4.74 Å². The number of hydrogen-bond donors (Lipinski definition) is 0. The van der Waals surface area contributed by atoms with Crippen molar-refractivity contribution in [1.29, 1.82) is 0 Å². The lowest BCUT2D eigenvalue weighted by Gasteiger charge is -2.22. The lowest BCUT2D eigenvalue weighted by molar-refractivity contribution is 0.0991. The SMILES string of the molecule is CCOc1ccccc1N(CC)C(=O)c1cc2c(=O)n(CC)c3ccccc3c2s1. The van der Waals surface area contributed by atoms with E-state index in [2.05, 4.69) is 0 Å². The summed E-state index contributed by atoms with van der Waals surface area (Å²) in [6.45, 7) is 7.42. The van der Waals surface area contributed by atoms with Gasteiger partial charge in [-0.25, -0.2) is 0 Å². The second kappa shape index (κ2) is 8.32. The molecule has 0 N–H and O–H groups in total. The molecule has 2 aromatic heterocycles. The number of aromatic nitrogens is 1. The Bertz CT molecular complexity index is 1290. The standard InChI is InChI=1S/C24H24N2O3S/c1-4-25-18-12-8-7-11-16(18)22-17(23(25)27)15-21(30-22)24(28)26(5-2)19-13-9-10-14-20(19)29-6-3/h7-15H,4-6H2,1-3H3. The number of carbonyl (C=O) groups excluding carboxylic acids is 1. The van der Waals surface area contributed by atoms with E-state index in [9.17, 15) is 9.59 Å². The lowest BCUT2D eigenvalue weighted by Crippen LogP contribution is -2.30. The van der Waals surface area contributed by atoms with Crippen LogP contribution in [0.25, 0.3) is 21.0 Å². The van der Waals surface area contributed by atoms with E-state index in [1.54, 1.807) is 15.5 Å². The molecule has 1 amide bonds. The van der Waals surface area contributed by atoms with Crippen LogP contribution in [0.2, 0.25) is 0 Å². The molecule has 30 heavy (non-hydrogen) atoms. The van der Waals surface area contributed by atoms with Crippen LogP contribution < -0.4 is 15.2 Å². The first kappa shape index (κ1) is 20.2. The highest BCUT2D eigenvalue weighted by Crippen LogP contribution is 2.34. The monoisotopic (exact) mass is 420 g/mol. The van der Waals surface area contributed by atoms with E-state index in [1.807, 2.05) is 69.3 Å². The number of rotatable bonds is 6. The molecule has 0 saturated heterocycles. The third kappa shape index (κ3) is 3.27. The van der Waals surface area contributed by atoms with Gasteiger partial charge in [-0.3, -0.25) is 9.59 Å². The molecule has 0 fully saturated rings. The summed E-state index contributed by atoms with van der Waals surface area (Å²) in [6, 6.07) is 17.2. The van der Waals surface area contributed by atoms with Gasteiger partial charge in [0.15, 0.2) is 0 Å². The maximum absolute atomic E-state index is 13.5. The van der Waals surface area contributed by atoms with Gasteiger partial charge in [0.2, 0.25) is 0 Å². The number of aryl methyl sites for hydroxylation is 1. The first-order chi connectivity index (χ1) is 14.6. The van der Waals surface area contributed by atoms with Gasteiger partial charge in [-0.15, -0.1) is 11.3 Å². The topological polar surface area (TPSA) is 51.5 Å². The second-order valence-corrected chi connectivity index (χ2v) is 7.92. The molecular weight excluding hydrogens is 396 g/mol. The number of benzene rings is 2. The van der Waals surface area contributed by atoms with E-state index in [0.717, 1.165) is 21.3 Å². The highest BCUT2D eigenvalue weighted by Gasteiger charge is 2.23. The van der Waals surface area contributed by atoms with Crippen LogP contribution in [0, 0.1) is 0 Å². The highest BCUT2D eigenvalue weighted by molar-refractivity contribution is 7.21. The van der Waals surface area contributed by atoms with Gasteiger partial charge in [0, 0.05) is 23.2 Å². The molecule has 0 unspecified atom stereocenters. The quantitative estimate of drug-likeness (QED) is 0.425. The summed E-state index contributed by atoms with van der Waals surface area (Å²) < 4.78 is 8.35. The molecule has 0 atom stereocenters. The number of ether oxygens (including phenoxy) is 1. The largest absolute Gasteiger partial charge is 0.492 e. The first-order valence-electron chi connectivity index (χ1n) is 10.2. The average molecular weight is 421 g/mol. The third-order valence-corrected chi connectivity index (χ3v) is 6.35. The zero-order chi connectivity index (χ0) is 21.3. The molecule has 0 aliphatic carbocycles. The third-order valence-electron chi connectivity index (χ3n) is 5.19. The van der Waals surface area contributed by atoms with Gasteiger partial charge in [0.1, 0.15) is 5.75 Å². The Labute approximate surface area is 179 Å². The van der Waals surface area contributed by atoms with Crippen molar-refractivity contribution in [2.75, 3.05) is 18.1 Å². The Balaban J connectivity index is 1.87. The van der Waals surface area contributed by atoms with Gasteiger partial charge in [0.05, 0.1) is 28.1 Å². The molecule has 0 aliphatic rings. The zero-order valence-electron chi connectivity index (χ0n) is 17.3. The first-order valence-corrected chi connectivity index (χ1v) is 11.0. The van der Waals surface area contributed by atoms with Crippen LogP contribution in [0.5, 0.6) is 5.75 Å². The van der Waals surface area contributed by atoms with Crippen LogP contribution in [0.15, 0.2) is 59.4 Å². The van der Waals surface area contributed by atoms with E-state index in [-0.39, 0.29) is 11.5 Å². The van der Waals surface area contributed by atoms with E-state index in [1.165, 1.54) is 11.3 Å². The van der Waals surface area contributed by atoms with Crippen LogP contribution in [0.4, 0.5) is 5.69 Å². The molecule has 0 saturated carbocycles. The predicted octanol–water partition coefficient (Wildman–Crippen LogP) is 5.30. The molecule has 5 nitrogen and oxygen atoms in total. The smallest absolute Gasteiger partial charge is 0.268 e. The number of fused-ring (bicyclic) bond motifs is 3. The Morgan fingerprint density at radius 1 is 1.03 bits per heavy atom. The molecule has 4 aromatic rings. The van der Waals surface area contributed by atoms with Crippen LogP contribution in [0.1, 0.15) is 30.4 Å². The van der Waals surface area contributed by atoms with E-state index < -0.39 is 0 Å². The number of amides is 1. The Hall–Kier alpha value is -3.12. The lowest BCUT2D eigenvalue weighted by atomic mass is 10.1. The van der Waals surface area contributed by atoms with Crippen molar-refractivity contribution in [3.63, 3.8) is 0 Å². The molecule has 0 spiro atoms. The molecule has 0 bridgehead atoms. The average Bonchev–Trinajstić information content (AvgIpc) is 3.22. The summed E-state index contributed by atoms with van der Waals surface area (Å²) in [5.41, 5.74) is 1.58. The Morgan fingerprint density at radius 3 is 2.50 bits per heavy atom. The molecule has 154 valence electrons. The minimum atomic E-state index is -0.127. The molecule has 0 aliphatic heterocycles. The Morgan fingerprint density at radius 2 is 1.77 bits per heavy atom. The second-order valence-electron chi connectivity index (χ2n) is 6.87. The van der Waals surface area contributed by atoms with Crippen molar-refractivity contribution in [2.24, 2.45) is 0 Å². The maximum atomic E-state index is 13.5. The minimum Gasteiger partial charge on any atom is -0.492 e. The molecule has 2 heterocycles. The molecular formula is C24H24N2O3S. The van der Waals surface area contributed by atoms with Gasteiger partial charge in [0.25, 0.3) is 11.5 Å². The van der Waals surface area contributed by atoms with Gasteiger partial charge in [-0.1, -0.05) is 30.3 Å². The van der Waals surface area contributed by atoms with Crippen LogP contribution >= 0.6 is 11.3 Å². The van der Waals surface area contributed by atoms with Gasteiger partial charge in [-0.05, 0) is 45.0 Å². The molecule has 2 aromatic carbocycles. The number of carbonyl (C=O) groups is 1. The number of pyridine rings is 1. The van der Waals surface area contributed by atoms with E-state index >= 15 is 0 Å². The van der Waals surface area contributed by atoms with Crippen molar-refractivity contribution in [2.45, 2.75) is 27.3 Å². The Kier molecular flexibility index (Phi) is 5.59. The number of nitrogens with zero attached hydrogens (tertiary/aromatic N) is 2. The summed E-state index contributed by atoms with van der Waals surface area (Å²) >= 11 is 1.38. The highest BCUT2D eigenvalue weighted by atomic mass is 32.1. The van der Waals surface area contributed by atoms with Crippen LogP contribution in [-0.2, 0) is 6.54 Å². The van der Waals surface area contributed by atoms with E-state index in [0.29, 0.717) is 35.7 Å². The summed E-state index contributed by atoms with van der Waals surface area (Å²) in [6.07, 6.45) is 0. The summed E-state index contributed by atoms with van der Waals surface area (Å²) in [7, 11) is 0. The van der Waals surface area contributed by atoms with Crippen LogP contribution in [0.3, 0.4) is 0 Å². The number of thiophene rings is 1.